The molecule has 0 radical (unpaired) electrons. The minimum atomic E-state index is -0.188. The highest BCUT2D eigenvalue weighted by Crippen LogP contribution is 2.34. The predicted octanol–water partition coefficient (Wildman–Crippen LogP) is 3.35. The van der Waals surface area contributed by atoms with Gasteiger partial charge in [0.15, 0.2) is 0 Å². The van der Waals surface area contributed by atoms with E-state index in [0.29, 0.717) is 30.2 Å². The molecule has 0 aromatic carbocycles. The van der Waals surface area contributed by atoms with E-state index in [0.717, 1.165) is 45.1 Å². The third-order valence-corrected chi connectivity index (χ3v) is 5.08. The lowest BCUT2D eigenvalue weighted by Gasteiger charge is -2.44. The summed E-state index contributed by atoms with van der Waals surface area (Å²) in [5.74, 6) is 1.23. The molecule has 1 amide bonds. The van der Waals surface area contributed by atoms with E-state index in [1.54, 1.807) is 0 Å². The number of aliphatic hydroxyl groups excluding tert-OH is 1. The molecule has 3 atom stereocenters. The summed E-state index contributed by atoms with van der Waals surface area (Å²) in [6, 6.07) is 0.304. The van der Waals surface area contributed by atoms with E-state index >= 15 is 0 Å². The number of aliphatic hydroxyl groups is 1. The van der Waals surface area contributed by atoms with Crippen molar-refractivity contribution < 1.29 is 9.90 Å². The van der Waals surface area contributed by atoms with Gasteiger partial charge in [-0.2, -0.15) is 0 Å². The van der Waals surface area contributed by atoms with Gasteiger partial charge in [0.05, 0.1) is 6.10 Å². The van der Waals surface area contributed by atoms with Crippen molar-refractivity contribution in [3.63, 3.8) is 0 Å². The Morgan fingerprint density at radius 1 is 1.15 bits per heavy atom. The number of rotatable bonds is 4. The van der Waals surface area contributed by atoms with Crippen LogP contribution in [0, 0.1) is 11.8 Å². The molecule has 3 heteroatoms. The van der Waals surface area contributed by atoms with Crippen molar-refractivity contribution in [3.8, 4) is 0 Å². The van der Waals surface area contributed by atoms with Crippen LogP contribution in [0.1, 0.15) is 71.6 Å². The van der Waals surface area contributed by atoms with E-state index in [4.69, 9.17) is 0 Å². The molecule has 1 saturated carbocycles. The summed E-state index contributed by atoms with van der Waals surface area (Å²) in [4.78, 5) is 14.6. The summed E-state index contributed by atoms with van der Waals surface area (Å²) >= 11 is 0. The minimum Gasteiger partial charge on any atom is -0.393 e. The lowest BCUT2D eigenvalue weighted by molar-refractivity contribution is -0.138. The van der Waals surface area contributed by atoms with Crippen molar-refractivity contribution in [3.05, 3.63) is 0 Å². The highest BCUT2D eigenvalue weighted by Gasteiger charge is 2.37. The monoisotopic (exact) mass is 281 g/mol. The molecule has 0 aromatic heterocycles. The van der Waals surface area contributed by atoms with Crippen LogP contribution in [0.5, 0.6) is 0 Å². The van der Waals surface area contributed by atoms with Gasteiger partial charge in [0, 0.05) is 24.9 Å². The van der Waals surface area contributed by atoms with Gasteiger partial charge >= 0.3 is 0 Å². The van der Waals surface area contributed by atoms with Crippen LogP contribution in [-0.4, -0.2) is 34.6 Å². The van der Waals surface area contributed by atoms with Gasteiger partial charge in [0.2, 0.25) is 5.91 Å². The SMILES string of the molecule is CC(C)CCC(=O)N1CCCCC1C1CCCCC1O. The van der Waals surface area contributed by atoms with Crippen molar-refractivity contribution in [2.75, 3.05) is 6.54 Å². The van der Waals surface area contributed by atoms with Crippen LogP contribution >= 0.6 is 0 Å². The quantitative estimate of drug-likeness (QED) is 0.858. The minimum absolute atomic E-state index is 0.188. The summed E-state index contributed by atoms with van der Waals surface area (Å²) in [5.41, 5.74) is 0. The zero-order valence-electron chi connectivity index (χ0n) is 13.2. The van der Waals surface area contributed by atoms with Crippen LogP contribution in [0.15, 0.2) is 0 Å². The van der Waals surface area contributed by atoms with Crippen LogP contribution in [0.4, 0.5) is 0 Å². The first-order chi connectivity index (χ1) is 9.59. The van der Waals surface area contributed by atoms with Crippen molar-refractivity contribution in [1.29, 1.82) is 0 Å². The number of hydrogen-bond acceptors (Lipinski definition) is 2. The topological polar surface area (TPSA) is 40.5 Å². The Balaban J connectivity index is 1.98. The van der Waals surface area contributed by atoms with Crippen molar-refractivity contribution >= 4 is 5.91 Å². The fourth-order valence-corrected chi connectivity index (χ4v) is 3.86. The van der Waals surface area contributed by atoms with Gasteiger partial charge in [-0.05, 0) is 44.4 Å². The maximum atomic E-state index is 12.5. The van der Waals surface area contributed by atoms with E-state index in [1.165, 1.54) is 12.8 Å². The van der Waals surface area contributed by atoms with Crippen molar-refractivity contribution in [2.45, 2.75) is 83.8 Å². The Bertz CT molecular complexity index is 316. The van der Waals surface area contributed by atoms with Gasteiger partial charge in [-0.25, -0.2) is 0 Å². The molecule has 20 heavy (non-hydrogen) atoms. The summed E-state index contributed by atoms with van der Waals surface area (Å²) in [6.45, 7) is 5.25. The van der Waals surface area contributed by atoms with Gasteiger partial charge in [0.1, 0.15) is 0 Å². The van der Waals surface area contributed by atoms with Gasteiger partial charge in [-0.3, -0.25) is 4.79 Å². The van der Waals surface area contributed by atoms with Crippen LogP contribution in [0.25, 0.3) is 0 Å². The number of amides is 1. The predicted molar refractivity (Wildman–Crippen MR) is 81.4 cm³/mol. The van der Waals surface area contributed by atoms with Crippen LogP contribution < -0.4 is 0 Å². The Kier molecular flexibility index (Phi) is 5.88. The van der Waals surface area contributed by atoms with Gasteiger partial charge in [-0.15, -0.1) is 0 Å². The average Bonchev–Trinajstić information content (AvgIpc) is 2.45. The number of hydrogen-bond donors (Lipinski definition) is 1. The normalized spacial score (nSPS) is 31.6. The fraction of sp³-hybridized carbons (Fsp3) is 0.941. The summed E-state index contributed by atoms with van der Waals surface area (Å²) in [6.07, 6.45) is 9.29. The molecule has 0 bridgehead atoms. The summed E-state index contributed by atoms with van der Waals surface area (Å²) in [7, 11) is 0. The number of nitrogens with zero attached hydrogens (tertiary/aromatic N) is 1. The first kappa shape index (κ1) is 15.8. The van der Waals surface area contributed by atoms with Gasteiger partial charge < -0.3 is 10.0 Å². The largest absolute Gasteiger partial charge is 0.393 e. The molecular formula is C17H31NO2. The smallest absolute Gasteiger partial charge is 0.222 e. The summed E-state index contributed by atoms with van der Waals surface area (Å²) < 4.78 is 0. The molecule has 3 unspecified atom stereocenters. The average molecular weight is 281 g/mol. The Morgan fingerprint density at radius 3 is 2.55 bits per heavy atom. The first-order valence-electron chi connectivity index (χ1n) is 8.57. The first-order valence-corrected chi connectivity index (χ1v) is 8.57. The molecule has 2 aliphatic rings. The molecule has 0 spiro atoms. The standard InChI is InChI=1S/C17H31NO2/c1-13(2)10-11-17(20)18-12-6-5-8-15(18)14-7-3-4-9-16(14)19/h13-16,19H,3-12H2,1-2H3. The number of piperidine rings is 1. The van der Waals surface area contributed by atoms with Crippen molar-refractivity contribution in [1.82, 2.24) is 4.90 Å². The Labute approximate surface area is 123 Å². The molecule has 2 rings (SSSR count). The van der Waals surface area contributed by atoms with Crippen molar-refractivity contribution in [2.24, 2.45) is 11.8 Å². The zero-order valence-corrected chi connectivity index (χ0v) is 13.2. The molecule has 116 valence electrons. The van der Waals surface area contributed by atoms with E-state index in [-0.39, 0.29) is 6.10 Å². The second-order valence-corrected chi connectivity index (χ2v) is 7.10. The molecule has 1 heterocycles. The van der Waals surface area contributed by atoms with E-state index in [9.17, 15) is 9.90 Å². The van der Waals surface area contributed by atoms with Crippen LogP contribution in [0.2, 0.25) is 0 Å². The summed E-state index contributed by atoms with van der Waals surface area (Å²) in [5, 5.41) is 10.3. The molecule has 1 N–H and O–H groups in total. The fourth-order valence-electron chi connectivity index (χ4n) is 3.86. The van der Waals surface area contributed by atoms with E-state index in [1.807, 2.05) is 0 Å². The number of carbonyl (C=O) groups excluding carboxylic acids is 1. The molecule has 1 aliphatic heterocycles. The zero-order chi connectivity index (χ0) is 14.5. The highest BCUT2D eigenvalue weighted by molar-refractivity contribution is 5.76. The lowest BCUT2D eigenvalue weighted by Crippen LogP contribution is -2.51. The second-order valence-electron chi connectivity index (χ2n) is 7.10. The maximum absolute atomic E-state index is 12.5. The molecular weight excluding hydrogens is 250 g/mol. The molecule has 3 nitrogen and oxygen atoms in total. The molecule has 1 saturated heterocycles. The van der Waals surface area contributed by atoms with Gasteiger partial charge in [-0.1, -0.05) is 26.7 Å². The number of carbonyl (C=O) groups is 1. The third-order valence-electron chi connectivity index (χ3n) is 5.08. The Hall–Kier alpha value is -0.570. The lowest BCUT2D eigenvalue weighted by atomic mass is 9.78. The molecule has 2 fully saturated rings. The highest BCUT2D eigenvalue weighted by atomic mass is 16.3. The maximum Gasteiger partial charge on any atom is 0.222 e. The van der Waals surface area contributed by atoms with Gasteiger partial charge in [0.25, 0.3) is 0 Å². The molecule has 0 aromatic rings. The number of likely N-dealkylation sites (tertiary alicyclic amines) is 1. The van der Waals surface area contributed by atoms with Crippen LogP contribution in [-0.2, 0) is 4.79 Å². The second kappa shape index (κ2) is 7.44. The molecule has 1 aliphatic carbocycles. The Morgan fingerprint density at radius 2 is 1.85 bits per heavy atom. The van der Waals surface area contributed by atoms with E-state index < -0.39 is 0 Å². The van der Waals surface area contributed by atoms with E-state index in [2.05, 4.69) is 18.7 Å². The third kappa shape index (κ3) is 3.97. The van der Waals surface area contributed by atoms with Crippen LogP contribution in [0.3, 0.4) is 0 Å².